The van der Waals surface area contributed by atoms with Gasteiger partial charge in [0.25, 0.3) is 0 Å². The molecule has 0 aromatic rings. The third-order valence-electron chi connectivity index (χ3n) is 0. The number of hydrogen-bond acceptors (Lipinski definition) is 3. The molecule has 1 radical (unpaired) electrons. The van der Waals surface area contributed by atoms with Crippen molar-refractivity contribution < 1.29 is 42.1 Å². The molecule has 0 rings (SSSR count). The quantitative estimate of drug-likeness (QED) is 0.406. The van der Waals surface area contributed by atoms with Crippen molar-refractivity contribution in [3.63, 3.8) is 0 Å². The van der Waals surface area contributed by atoms with Crippen LogP contribution in [0.15, 0.2) is 0 Å². The van der Waals surface area contributed by atoms with Gasteiger partial charge in [0, 0.05) is 0 Å². The summed E-state index contributed by atoms with van der Waals surface area (Å²) in [7, 11) is 0. The molecule has 0 atom stereocenters. The van der Waals surface area contributed by atoms with Crippen LogP contribution in [-0.4, -0.2) is 5.09 Å². The van der Waals surface area contributed by atoms with Gasteiger partial charge in [-0.2, -0.15) is 0 Å². The van der Waals surface area contributed by atoms with E-state index in [1.807, 2.05) is 0 Å². The molecule has 5 heteroatoms. The Kier molecular flexibility index (Phi) is 7.95. The molecule has 0 aliphatic rings. The number of nitrogens with zero attached hydrogens (tertiary/aromatic N) is 1. The Morgan fingerprint density at radius 2 is 1.60 bits per heavy atom. The second kappa shape index (κ2) is 4.39. The summed E-state index contributed by atoms with van der Waals surface area (Å²) in [4.78, 5) is 8.25. The maximum Gasteiger partial charge on any atom is 2.00 e. The van der Waals surface area contributed by atoms with Crippen LogP contribution in [0.2, 0.25) is 0 Å². The van der Waals surface area contributed by atoms with E-state index in [0.29, 0.717) is 0 Å². The van der Waals surface area contributed by atoms with Gasteiger partial charge in [-0.25, -0.2) is 0 Å². The fraction of sp³-hybridized carbons (Fsp3) is 0. The molecule has 0 saturated carbocycles. The normalized spacial score (nSPS) is 4.80. The van der Waals surface area contributed by atoms with Crippen LogP contribution in [0.5, 0.6) is 0 Å². The second-order valence-corrected chi connectivity index (χ2v) is 0.224. The topological polar surface area (TPSA) is 66.2 Å². The molecule has 0 bridgehead atoms. The minimum Gasteiger partial charge on any atom is -1.00 e. The van der Waals surface area contributed by atoms with Gasteiger partial charge in [-0.1, -0.05) is 0 Å². The van der Waals surface area contributed by atoms with E-state index < -0.39 is 5.09 Å². The zero-order valence-corrected chi connectivity index (χ0v) is 5.88. The Morgan fingerprint density at radius 1 is 1.60 bits per heavy atom. The SMILES string of the molecule is O=[N+]([O-])[O-].[H-].[La+2]. The van der Waals surface area contributed by atoms with Crippen molar-refractivity contribution in [3.05, 3.63) is 15.3 Å². The molecule has 0 heterocycles. The van der Waals surface area contributed by atoms with Crippen molar-refractivity contribution in [2.24, 2.45) is 0 Å². The summed E-state index contributed by atoms with van der Waals surface area (Å²) < 4.78 is 0. The summed E-state index contributed by atoms with van der Waals surface area (Å²) in [5.74, 6) is 0. The van der Waals surface area contributed by atoms with E-state index in [-0.39, 0.29) is 37.0 Å². The van der Waals surface area contributed by atoms with Crippen molar-refractivity contribution in [2.75, 3.05) is 0 Å². The smallest absolute Gasteiger partial charge is 1.00 e. The predicted octanol–water partition coefficient (Wildman–Crippen LogP) is -0.127. The molecule has 27 valence electrons. The van der Waals surface area contributed by atoms with Crippen molar-refractivity contribution in [1.82, 2.24) is 0 Å². The summed E-state index contributed by atoms with van der Waals surface area (Å²) in [5, 5.41) is 14.8. The van der Waals surface area contributed by atoms with Gasteiger partial charge >= 0.3 is 35.6 Å². The molecule has 0 aliphatic carbocycles. The molecule has 0 aromatic heterocycles. The minimum atomic E-state index is -1.75. The molecule has 0 aromatic carbocycles. The van der Waals surface area contributed by atoms with Crippen LogP contribution in [0.25, 0.3) is 0 Å². The van der Waals surface area contributed by atoms with Crippen molar-refractivity contribution in [2.45, 2.75) is 0 Å². The molecule has 0 spiro atoms. The van der Waals surface area contributed by atoms with Crippen molar-refractivity contribution in [1.29, 1.82) is 0 Å². The van der Waals surface area contributed by atoms with Gasteiger partial charge in [-0.05, 0) is 0 Å². The van der Waals surface area contributed by atoms with Crippen LogP contribution >= 0.6 is 0 Å². The average molecular weight is 202 g/mol. The van der Waals surface area contributed by atoms with Crippen LogP contribution in [0.4, 0.5) is 0 Å². The maximum atomic E-state index is 8.25. The first-order valence-electron chi connectivity index (χ1n) is 0.548. The fourth-order valence-corrected chi connectivity index (χ4v) is 0. The predicted molar refractivity (Wildman–Crippen MR) is 11.5 cm³/mol. The Bertz CT molecular complexity index is 33.8. The minimum absolute atomic E-state index is 0. The molecule has 0 N–H and O–H groups in total. The molecule has 0 aliphatic heterocycles. The van der Waals surface area contributed by atoms with E-state index in [4.69, 9.17) is 15.3 Å². The summed E-state index contributed by atoms with van der Waals surface area (Å²) in [6.07, 6.45) is 0. The average Bonchev–Trinajstić information content (AvgIpc) is 0.811. The molecule has 0 fully saturated rings. The Labute approximate surface area is 57.4 Å². The fourth-order valence-electron chi connectivity index (χ4n) is 0. The zero-order valence-electron chi connectivity index (χ0n) is 3.25. The Balaban J connectivity index is -0.0000000450. The van der Waals surface area contributed by atoms with Crippen LogP contribution in [0.3, 0.4) is 0 Å². The third-order valence-corrected chi connectivity index (χ3v) is 0. The van der Waals surface area contributed by atoms with Crippen LogP contribution in [0.1, 0.15) is 1.43 Å². The van der Waals surface area contributed by atoms with Gasteiger partial charge in [0.2, 0.25) is 0 Å². The molecule has 4 nitrogen and oxygen atoms in total. The molecule has 5 heavy (non-hydrogen) atoms. The second-order valence-electron chi connectivity index (χ2n) is 0.224. The van der Waals surface area contributed by atoms with E-state index in [1.54, 1.807) is 0 Å². The van der Waals surface area contributed by atoms with E-state index in [9.17, 15) is 0 Å². The molecular weight excluding hydrogens is 201 g/mol. The van der Waals surface area contributed by atoms with Gasteiger partial charge in [0.15, 0.2) is 0 Å². The van der Waals surface area contributed by atoms with E-state index >= 15 is 0 Å². The number of rotatable bonds is 0. The molecule has 0 amide bonds. The van der Waals surface area contributed by atoms with Crippen molar-refractivity contribution in [3.8, 4) is 0 Å². The molecule has 0 saturated heterocycles. The number of hydrogen-bond donors (Lipinski definition) is 0. The Hall–Kier alpha value is 0.395. The van der Waals surface area contributed by atoms with E-state index in [1.165, 1.54) is 0 Å². The summed E-state index contributed by atoms with van der Waals surface area (Å²) >= 11 is 0. The van der Waals surface area contributed by atoms with E-state index in [2.05, 4.69) is 0 Å². The zero-order chi connectivity index (χ0) is 3.58. The third kappa shape index (κ3) is 162. The summed E-state index contributed by atoms with van der Waals surface area (Å²) in [5.41, 5.74) is 0. The van der Waals surface area contributed by atoms with Gasteiger partial charge < -0.3 is 16.7 Å². The van der Waals surface area contributed by atoms with Crippen LogP contribution in [-0.2, 0) is 0 Å². The van der Waals surface area contributed by atoms with Crippen LogP contribution in [0, 0.1) is 50.9 Å². The first-order chi connectivity index (χ1) is 1.73. The summed E-state index contributed by atoms with van der Waals surface area (Å²) in [6, 6.07) is 0. The standard InChI is InChI=1S/La.NO3.H/c;2-1(3)4;/q+2;2*-1. The van der Waals surface area contributed by atoms with Gasteiger partial charge in [0.05, 0.1) is 5.09 Å². The first-order valence-corrected chi connectivity index (χ1v) is 0.548. The summed E-state index contributed by atoms with van der Waals surface area (Å²) in [6.45, 7) is 0. The van der Waals surface area contributed by atoms with Gasteiger partial charge in [0.1, 0.15) is 0 Å². The molecule has 0 unspecified atom stereocenters. The largest absolute Gasteiger partial charge is 2.00 e. The Morgan fingerprint density at radius 3 is 1.60 bits per heavy atom. The first kappa shape index (κ1) is 9.04. The van der Waals surface area contributed by atoms with Crippen LogP contribution < -0.4 is 0 Å². The molecular formula is HLaNO3. The monoisotopic (exact) mass is 202 g/mol. The maximum absolute atomic E-state index is 8.25. The van der Waals surface area contributed by atoms with Crippen molar-refractivity contribution >= 4 is 0 Å². The van der Waals surface area contributed by atoms with E-state index in [0.717, 1.165) is 0 Å². The van der Waals surface area contributed by atoms with Gasteiger partial charge in [-0.15, -0.1) is 0 Å². The van der Waals surface area contributed by atoms with Gasteiger partial charge in [-0.3, -0.25) is 0 Å².